The SMILES string of the molecule is O=C(Cn1cnc2ccccc21)NC(C1CC1)C1CC1. The van der Waals surface area contributed by atoms with Crippen molar-refractivity contribution in [2.45, 2.75) is 38.3 Å². The van der Waals surface area contributed by atoms with Crippen molar-refractivity contribution in [2.24, 2.45) is 11.8 Å². The molecule has 0 spiro atoms. The number of rotatable bonds is 5. The summed E-state index contributed by atoms with van der Waals surface area (Å²) in [5, 5.41) is 3.26. The van der Waals surface area contributed by atoms with Crippen LogP contribution in [0.3, 0.4) is 0 Å². The molecule has 0 atom stereocenters. The average molecular weight is 269 g/mol. The van der Waals surface area contributed by atoms with Gasteiger partial charge in [-0.1, -0.05) is 12.1 Å². The molecule has 1 amide bonds. The lowest BCUT2D eigenvalue weighted by molar-refractivity contribution is -0.122. The molecule has 4 nitrogen and oxygen atoms in total. The molecule has 1 N–H and O–H groups in total. The Bertz CT molecular complexity index is 628. The van der Waals surface area contributed by atoms with Crippen LogP contribution in [0.1, 0.15) is 25.7 Å². The molecular formula is C16H19N3O. The van der Waals surface area contributed by atoms with Gasteiger partial charge in [0.15, 0.2) is 0 Å². The van der Waals surface area contributed by atoms with Gasteiger partial charge in [0.1, 0.15) is 6.54 Å². The first-order valence-electron chi connectivity index (χ1n) is 7.50. The third kappa shape index (κ3) is 2.30. The normalized spacial score (nSPS) is 18.6. The molecule has 1 aromatic carbocycles. The summed E-state index contributed by atoms with van der Waals surface area (Å²) in [5.74, 6) is 1.61. The first kappa shape index (κ1) is 11.9. The zero-order chi connectivity index (χ0) is 13.5. The lowest BCUT2D eigenvalue weighted by atomic mass is 10.1. The molecule has 1 heterocycles. The van der Waals surface area contributed by atoms with Crippen LogP contribution in [0.25, 0.3) is 11.0 Å². The van der Waals surface area contributed by atoms with Crippen molar-refractivity contribution < 1.29 is 4.79 Å². The minimum Gasteiger partial charge on any atom is -0.351 e. The fourth-order valence-electron chi connectivity index (χ4n) is 3.05. The molecule has 0 saturated heterocycles. The molecule has 20 heavy (non-hydrogen) atoms. The molecular weight excluding hydrogens is 250 g/mol. The van der Waals surface area contributed by atoms with Gasteiger partial charge in [0.2, 0.25) is 5.91 Å². The van der Waals surface area contributed by atoms with Gasteiger partial charge in [0.25, 0.3) is 0 Å². The summed E-state index contributed by atoms with van der Waals surface area (Å²) in [4.78, 5) is 16.6. The molecule has 2 aliphatic carbocycles. The number of para-hydroxylation sites is 2. The molecule has 2 saturated carbocycles. The summed E-state index contributed by atoms with van der Waals surface area (Å²) in [6.07, 6.45) is 6.91. The highest BCUT2D eigenvalue weighted by molar-refractivity contribution is 5.80. The van der Waals surface area contributed by atoms with Gasteiger partial charge >= 0.3 is 0 Å². The molecule has 2 aliphatic rings. The maximum atomic E-state index is 12.3. The molecule has 0 aliphatic heterocycles. The average Bonchev–Trinajstić information content (AvgIpc) is 3.35. The van der Waals surface area contributed by atoms with Crippen LogP contribution in [0.4, 0.5) is 0 Å². The van der Waals surface area contributed by atoms with Crippen LogP contribution in [-0.4, -0.2) is 21.5 Å². The van der Waals surface area contributed by atoms with Crippen molar-refractivity contribution in [2.75, 3.05) is 0 Å². The van der Waals surface area contributed by atoms with Crippen LogP contribution in [-0.2, 0) is 11.3 Å². The largest absolute Gasteiger partial charge is 0.351 e. The number of carbonyl (C=O) groups excluding carboxylic acids is 1. The summed E-state index contributed by atoms with van der Waals surface area (Å²) in [5.41, 5.74) is 1.97. The Kier molecular flexibility index (Phi) is 2.76. The number of nitrogens with one attached hydrogen (secondary N) is 1. The van der Waals surface area contributed by atoms with E-state index >= 15 is 0 Å². The van der Waals surface area contributed by atoms with E-state index in [1.807, 2.05) is 28.8 Å². The number of carbonyl (C=O) groups is 1. The minimum absolute atomic E-state index is 0.122. The van der Waals surface area contributed by atoms with E-state index in [9.17, 15) is 4.79 Å². The number of imidazole rings is 1. The van der Waals surface area contributed by atoms with E-state index in [4.69, 9.17) is 0 Å². The van der Waals surface area contributed by atoms with Crippen molar-refractivity contribution in [3.63, 3.8) is 0 Å². The van der Waals surface area contributed by atoms with Crippen LogP contribution < -0.4 is 5.32 Å². The van der Waals surface area contributed by atoms with Gasteiger partial charge in [-0.3, -0.25) is 4.79 Å². The summed E-state index contributed by atoms with van der Waals surface area (Å²) < 4.78 is 1.93. The van der Waals surface area contributed by atoms with Gasteiger partial charge in [-0.25, -0.2) is 4.98 Å². The predicted molar refractivity (Wildman–Crippen MR) is 77.1 cm³/mol. The monoisotopic (exact) mass is 269 g/mol. The first-order valence-corrected chi connectivity index (χ1v) is 7.50. The van der Waals surface area contributed by atoms with Crippen molar-refractivity contribution in [1.82, 2.24) is 14.9 Å². The van der Waals surface area contributed by atoms with Crippen LogP contribution in [0, 0.1) is 11.8 Å². The van der Waals surface area contributed by atoms with E-state index in [0.29, 0.717) is 12.6 Å². The first-order chi connectivity index (χ1) is 9.81. The topological polar surface area (TPSA) is 46.9 Å². The van der Waals surface area contributed by atoms with E-state index in [-0.39, 0.29) is 5.91 Å². The predicted octanol–water partition coefficient (Wildman–Crippen LogP) is 2.34. The number of fused-ring (bicyclic) bond motifs is 1. The summed E-state index contributed by atoms with van der Waals surface area (Å²) in [6.45, 7) is 0.371. The third-order valence-corrected chi connectivity index (χ3v) is 4.43. The van der Waals surface area contributed by atoms with Crippen molar-refractivity contribution >= 4 is 16.9 Å². The van der Waals surface area contributed by atoms with Crippen molar-refractivity contribution in [3.8, 4) is 0 Å². The van der Waals surface area contributed by atoms with Crippen LogP contribution >= 0.6 is 0 Å². The number of aromatic nitrogens is 2. The fraction of sp³-hybridized carbons (Fsp3) is 0.500. The Balaban J connectivity index is 1.46. The Labute approximate surface area is 118 Å². The molecule has 0 unspecified atom stereocenters. The van der Waals surface area contributed by atoms with Crippen LogP contribution in [0.15, 0.2) is 30.6 Å². The van der Waals surface area contributed by atoms with E-state index in [1.54, 1.807) is 6.33 Å². The second kappa shape index (κ2) is 4.62. The van der Waals surface area contributed by atoms with E-state index in [2.05, 4.69) is 10.3 Å². The fourth-order valence-corrected chi connectivity index (χ4v) is 3.05. The van der Waals surface area contributed by atoms with Crippen LogP contribution in [0.2, 0.25) is 0 Å². The number of hydrogen-bond acceptors (Lipinski definition) is 2. The van der Waals surface area contributed by atoms with Gasteiger partial charge in [0, 0.05) is 6.04 Å². The summed E-state index contributed by atoms with van der Waals surface area (Å²) in [6, 6.07) is 8.36. The Morgan fingerprint density at radius 3 is 2.65 bits per heavy atom. The van der Waals surface area contributed by atoms with Crippen molar-refractivity contribution in [3.05, 3.63) is 30.6 Å². The summed E-state index contributed by atoms with van der Waals surface area (Å²) >= 11 is 0. The van der Waals surface area contributed by atoms with E-state index < -0.39 is 0 Å². The third-order valence-electron chi connectivity index (χ3n) is 4.43. The van der Waals surface area contributed by atoms with E-state index in [1.165, 1.54) is 25.7 Å². The standard InChI is InChI=1S/C16H19N3O/c20-15(18-16(11-5-6-11)12-7-8-12)9-19-10-17-13-3-1-2-4-14(13)19/h1-4,10-12,16H,5-9H2,(H,18,20). The second-order valence-corrected chi connectivity index (χ2v) is 6.13. The summed E-state index contributed by atoms with van der Waals surface area (Å²) in [7, 11) is 0. The van der Waals surface area contributed by atoms with Crippen molar-refractivity contribution in [1.29, 1.82) is 0 Å². The van der Waals surface area contributed by atoms with Gasteiger partial charge in [-0.2, -0.15) is 0 Å². The number of nitrogens with zero attached hydrogens (tertiary/aromatic N) is 2. The maximum absolute atomic E-state index is 12.3. The second-order valence-electron chi connectivity index (χ2n) is 6.13. The molecule has 4 rings (SSSR count). The molecule has 2 fully saturated rings. The van der Waals surface area contributed by atoms with E-state index in [0.717, 1.165) is 22.9 Å². The van der Waals surface area contributed by atoms with Gasteiger partial charge in [0.05, 0.1) is 17.4 Å². The zero-order valence-electron chi connectivity index (χ0n) is 11.5. The molecule has 4 heteroatoms. The van der Waals surface area contributed by atoms with Gasteiger partial charge in [-0.05, 0) is 49.7 Å². The Morgan fingerprint density at radius 1 is 1.25 bits per heavy atom. The number of amides is 1. The quantitative estimate of drug-likeness (QED) is 0.905. The number of hydrogen-bond donors (Lipinski definition) is 1. The smallest absolute Gasteiger partial charge is 0.240 e. The number of benzene rings is 1. The Hall–Kier alpha value is -1.84. The molecule has 2 aromatic rings. The molecule has 0 bridgehead atoms. The lowest BCUT2D eigenvalue weighted by Gasteiger charge is -2.17. The van der Waals surface area contributed by atoms with Gasteiger partial charge in [-0.15, -0.1) is 0 Å². The lowest BCUT2D eigenvalue weighted by Crippen LogP contribution is -2.39. The molecule has 104 valence electrons. The van der Waals surface area contributed by atoms with Gasteiger partial charge < -0.3 is 9.88 Å². The minimum atomic E-state index is 0.122. The maximum Gasteiger partial charge on any atom is 0.240 e. The van der Waals surface area contributed by atoms with Crippen LogP contribution in [0.5, 0.6) is 0 Å². The molecule has 1 aromatic heterocycles. The Morgan fingerprint density at radius 2 is 1.95 bits per heavy atom. The highest BCUT2D eigenvalue weighted by atomic mass is 16.2. The highest BCUT2D eigenvalue weighted by Gasteiger charge is 2.42. The highest BCUT2D eigenvalue weighted by Crippen LogP contribution is 2.44. The molecule has 0 radical (unpaired) electrons. The zero-order valence-corrected chi connectivity index (χ0v) is 11.5.